The molecule has 0 unspecified atom stereocenters. The van der Waals surface area contributed by atoms with E-state index in [1.807, 2.05) is 18.2 Å². The van der Waals surface area contributed by atoms with Crippen molar-refractivity contribution in [2.45, 2.75) is 0 Å². The zero-order valence-electron chi connectivity index (χ0n) is 7.68. The van der Waals surface area contributed by atoms with E-state index in [4.69, 9.17) is 17.0 Å². The maximum atomic E-state index is 9.43. The molecular weight excluding hydrogens is 212 g/mol. The molecule has 5 heteroatoms. The monoisotopic (exact) mass is 220 g/mol. The van der Waals surface area contributed by atoms with Crippen molar-refractivity contribution in [3.8, 4) is 17.4 Å². The largest absolute Gasteiger partial charge is 0.491 e. The van der Waals surface area contributed by atoms with Crippen molar-refractivity contribution in [1.82, 2.24) is 9.97 Å². The van der Waals surface area contributed by atoms with Crippen LogP contribution in [0.25, 0.3) is 0 Å². The average molecular weight is 220 g/mol. The zero-order valence-corrected chi connectivity index (χ0v) is 8.49. The lowest BCUT2D eigenvalue weighted by Crippen LogP contribution is -1.88. The molecule has 4 nitrogen and oxygen atoms in total. The molecule has 0 radical (unpaired) electrons. The van der Waals surface area contributed by atoms with Crippen molar-refractivity contribution in [3.63, 3.8) is 0 Å². The summed E-state index contributed by atoms with van der Waals surface area (Å²) in [5.74, 6) is 0.650. The van der Waals surface area contributed by atoms with Crippen molar-refractivity contribution < 1.29 is 9.84 Å². The summed E-state index contributed by atoms with van der Waals surface area (Å²) in [5.41, 5.74) is 0. The first-order valence-corrected chi connectivity index (χ1v) is 4.68. The number of aromatic amines is 1. The van der Waals surface area contributed by atoms with Gasteiger partial charge in [-0.3, -0.25) is 0 Å². The molecule has 1 heterocycles. The number of aromatic hydroxyl groups is 1. The number of H-pyrrole nitrogens is 1. The fraction of sp³-hybridized carbons (Fsp3) is 0. The molecular formula is C10H8N2O2S. The second kappa shape index (κ2) is 4.10. The first-order chi connectivity index (χ1) is 7.25. The molecule has 1 aromatic heterocycles. The highest BCUT2D eigenvalue weighted by Crippen LogP contribution is 2.26. The summed E-state index contributed by atoms with van der Waals surface area (Å²) >= 11 is 4.74. The van der Waals surface area contributed by atoms with E-state index < -0.39 is 0 Å². The van der Waals surface area contributed by atoms with Gasteiger partial charge < -0.3 is 14.8 Å². The van der Waals surface area contributed by atoms with Gasteiger partial charge in [0.2, 0.25) is 5.75 Å². The molecule has 2 rings (SSSR count). The Kier molecular flexibility index (Phi) is 2.64. The summed E-state index contributed by atoms with van der Waals surface area (Å²) < 4.78 is 5.59. The van der Waals surface area contributed by atoms with Gasteiger partial charge in [-0.2, -0.15) is 4.98 Å². The summed E-state index contributed by atoms with van der Waals surface area (Å²) in [6.07, 6.45) is 1.47. The van der Waals surface area contributed by atoms with Crippen LogP contribution in [-0.4, -0.2) is 15.1 Å². The van der Waals surface area contributed by atoms with Gasteiger partial charge in [0.05, 0.1) is 6.20 Å². The summed E-state index contributed by atoms with van der Waals surface area (Å²) in [6, 6.07) is 9.11. The van der Waals surface area contributed by atoms with Crippen LogP contribution < -0.4 is 4.74 Å². The standard InChI is InChI=1S/C10H8N2O2S/c13-9-8(6-11-10(15)12-9)14-7-4-2-1-3-5-7/h1-6H,(H2,11,12,13,15). The lowest BCUT2D eigenvalue weighted by atomic mass is 10.3. The number of para-hydroxylation sites is 1. The van der Waals surface area contributed by atoms with Gasteiger partial charge in [-0.1, -0.05) is 18.2 Å². The molecule has 0 bridgehead atoms. The maximum Gasteiger partial charge on any atom is 0.259 e. The molecule has 0 atom stereocenters. The molecule has 15 heavy (non-hydrogen) atoms. The summed E-state index contributed by atoms with van der Waals surface area (Å²) in [4.78, 5) is 6.34. The van der Waals surface area contributed by atoms with Crippen LogP contribution in [0.5, 0.6) is 17.4 Å². The van der Waals surface area contributed by atoms with E-state index in [0.29, 0.717) is 5.75 Å². The van der Waals surface area contributed by atoms with E-state index in [0.717, 1.165) is 0 Å². The second-order valence-corrected chi connectivity index (χ2v) is 3.20. The molecule has 0 saturated carbocycles. The third-order valence-corrected chi connectivity index (χ3v) is 1.93. The number of hydrogen-bond donors (Lipinski definition) is 2. The summed E-state index contributed by atoms with van der Waals surface area (Å²) in [7, 11) is 0. The predicted octanol–water partition coefficient (Wildman–Crippen LogP) is 2.64. The molecule has 0 fully saturated rings. The minimum Gasteiger partial charge on any atom is -0.491 e. The molecule has 0 spiro atoms. The molecule has 0 aliphatic carbocycles. The number of nitrogens with one attached hydrogen (secondary N) is 1. The summed E-state index contributed by atoms with van der Waals surface area (Å²) in [6.45, 7) is 0. The van der Waals surface area contributed by atoms with E-state index in [2.05, 4.69) is 9.97 Å². The Balaban J connectivity index is 2.29. The minimum absolute atomic E-state index is 0.216. The van der Waals surface area contributed by atoms with Gasteiger partial charge in [0.1, 0.15) is 5.75 Å². The lowest BCUT2D eigenvalue weighted by Gasteiger charge is -2.05. The molecule has 1 aromatic carbocycles. The highest BCUT2D eigenvalue weighted by molar-refractivity contribution is 7.71. The molecule has 0 aliphatic rings. The van der Waals surface area contributed by atoms with Gasteiger partial charge in [-0.05, 0) is 24.4 Å². The van der Waals surface area contributed by atoms with Crippen LogP contribution in [-0.2, 0) is 0 Å². The Hall–Kier alpha value is -1.88. The Morgan fingerprint density at radius 2 is 2.00 bits per heavy atom. The van der Waals surface area contributed by atoms with Crippen LogP contribution in [0.1, 0.15) is 0 Å². The Morgan fingerprint density at radius 3 is 2.67 bits per heavy atom. The van der Waals surface area contributed by atoms with E-state index in [-0.39, 0.29) is 16.4 Å². The molecule has 0 amide bonds. The Labute approximate surface area is 91.2 Å². The van der Waals surface area contributed by atoms with Gasteiger partial charge in [-0.25, -0.2) is 0 Å². The lowest BCUT2D eigenvalue weighted by molar-refractivity contribution is 0.392. The third kappa shape index (κ3) is 2.32. The van der Waals surface area contributed by atoms with Crippen molar-refractivity contribution in [2.75, 3.05) is 0 Å². The van der Waals surface area contributed by atoms with Crippen molar-refractivity contribution >= 4 is 12.2 Å². The van der Waals surface area contributed by atoms with Gasteiger partial charge in [0, 0.05) is 0 Å². The number of aromatic nitrogens is 2. The van der Waals surface area contributed by atoms with Gasteiger partial charge in [0.25, 0.3) is 5.88 Å². The SMILES string of the molecule is Oc1nc(=S)[nH]cc1Oc1ccccc1. The van der Waals surface area contributed by atoms with Crippen LogP contribution in [0.2, 0.25) is 0 Å². The van der Waals surface area contributed by atoms with Gasteiger partial charge >= 0.3 is 0 Å². The maximum absolute atomic E-state index is 9.43. The fourth-order valence-electron chi connectivity index (χ4n) is 1.07. The first-order valence-electron chi connectivity index (χ1n) is 4.27. The second-order valence-electron chi connectivity index (χ2n) is 2.81. The van der Waals surface area contributed by atoms with Crippen molar-refractivity contribution in [3.05, 3.63) is 41.3 Å². The minimum atomic E-state index is -0.220. The third-order valence-electron chi connectivity index (χ3n) is 1.73. The number of ether oxygens (including phenoxy) is 1. The van der Waals surface area contributed by atoms with Crippen LogP contribution in [0, 0.1) is 4.77 Å². The van der Waals surface area contributed by atoms with Gasteiger partial charge in [-0.15, -0.1) is 0 Å². The average Bonchev–Trinajstić information content (AvgIpc) is 2.24. The number of hydrogen-bond acceptors (Lipinski definition) is 4. The highest BCUT2D eigenvalue weighted by atomic mass is 32.1. The zero-order chi connectivity index (χ0) is 10.7. The van der Waals surface area contributed by atoms with Crippen LogP contribution >= 0.6 is 12.2 Å². The molecule has 0 aliphatic heterocycles. The first kappa shape index (κ1) is 9.67. The number of rotatable bonds is 2. The quantitative estimate of drug-likeness (QED) is 0.764. The smallest absolute Gasteiger partial charge is 0.259 e. The van der Waals surface area contributed by atoms with Crippen molar-refractivity contribution in [2.24, 2.45) is 0 Å². The highest BCUT2D eigenvalue weighted by Gasteiger charge is 2.04. The van der Waals surface area contributed by atoms with E-state index >= 15 is 0 Å². The van der Waals surface area contributed by atoms with Crippen LogP contribution in [0.3, 0.4) is 0 Å². The Morgan fingerprint density at radius 1 is 1.27 bits per heavy atom. The molecule has 0 saturated heterocycles. The van der Waals surface area contributed by atoms with E-state index in [1.54, 1.807) is 12.1 Å². The number of benzene rings is 1. The van der Waals surface area contributed by atoms with Gasteiger partial charge in [0.15, 0.2) is 4.77 Å². The number of nitrogens with zero attached hydrogens (tertiary/aromatic N) is 1. The van der Waals surface area contributed by atoms with E-state index in [9.17, 15) is 5.11 Å². The molecule has 2 aromatic rings. The predicted molar refractivity (Wildman–Crippen MR) is 57.6 cm³/mol. The Bertz CT molecular complexity index is 510. The van der Waals surface area contributed by atoms with Crippen molar-refractivity contribution in [1.29, 1.82) is 0 Å². The molecule has 2 N–H and O–H groups in total. The van der Waals surface area contributed by atoms with E-state index in [1.165, 1.54) is 6.20 Å². The topological polar surface area (TPSA) is 58.1 Å². The van der Waals surface area contributed by atoms with Crippen LogP contribution in [0.4, 0.5) is 0 Å². The normalized spacial score (nSPS) is 9.87. The van der Waals surface area contributed by atoms with Crippen LogP contribution in [0.15, 0.2) is 36.5 Å². The fourth-order valence-corrected chi connectivity index (χ4v) is 1.21. The summed E-state index contributed by atoms with van der Waals surface area (Å²) in [5, 5.41) is 9.43. The molecule has 76 valence electrons.